The van der Waals surface area contributed by atoms with Crippen LogP contribution in [0.1, 0.15) is 15.2 Å². The summed E-state index contributed by atoms with van der Waals surface area (Å²) < 4.78 is 6.47. The van der Waals surface area contributed by atoms with E-state index in [9.17, 15) is 14.7 Å². The number of para-hydroxylation sites is 2. The van der Waals surface area contributed by atoms with Gasteiger partial charge in [0.05, 0.1) is 29.3 Å². The largest absolute Gasteiger partial charge is 0.493 e. The first-order valence-corrected chi connectivity index (χ1v) is 9.10. The minimum atomic E-state index is -0.551. The van der Waals surface area contributed by atoms with Gasteiger partial charge in [-0.1, -0.05) is 30.3 Å². The number of benzene rings is 2. The van der Waals surface area contributed by atoms with Crippen LogP contribution in [0.4, 0.5) is 0 Å². The number of carbonyl (C=O) groups excluding carboxylic acids is 2. The molecule has 1 aliphatic rings. The predicted octanol–water partition coefficient (Wildman–Crippen LogP) is 2.12. The topological polar surface area (TPSA) is 80.9 Å². The number of methoxy groups -OCH3 is 1. The van der Waals surface area contributed by atoms with Crippen LogP contribution in [-0.4, -0.2) is 28.7 Å². The molecule has 27 heavy (non-hydrogen) atoms. The number of rotatable bonds is 3. The molecule has 1 aliphatic heterocycles. The van der Waals surface area contributed by atoms with E-state index in [-0.39, 0.29) is 11.4 Å². The van der Waals surface area contributed by atoms with E-state index < -0.39 is 11.9 Å². The number of thiazole rings is 1. The first-order valence-electron chi connectivity index (χ1n) is 7.88. The number of aromatic hydroxyl groups is 1. The molecule has 0 saturated heterocycles. The third kappa shape index (κ3) is 2.70. The highest BCUT2D eigenvalue weighted by atomic mass is 32.1. The van der Waals surface area contributed by atoms with Gasteiger partial charge in [-0.25, -0.2) is 9.79 Å². The lowest BCUT2D eigenvalue weighted by atomic mass is 10.1. The van der Waals surface area contributed by atoms with Crippen molar-refractivity contribution in [1.29, 1.82) is 0 Å². The van der Waals surface area contributed by atoms with Gasteiger partial charge in [0.25, 0.3) is 5.91 Å². The van der Waals surface area contributed by atoms with Crippen LogP contribution in [0, 0.1) is 3.95 Å². The zero-order valence-corrected chi connectivity index (χ0v) is 15.6. The van der Waals surface area contributed by atoms with Crippen LogP contribution in [0.25, 0.3) is 11.3 Å². The van der Waals surface area contributed by atoms with Crippen molar-refractivity contribution < 1.29 is 19.4 Å². The van der Waals surface area contributed by atoms with Crippen molar-refractivity contribution >= 4 is 41.0 Å². The molecule has 0 aliphatic carbocycles. The number of hydrogen-bond acceptors (Lipinski definition) is 6. The second kappa shape index (κ2) is 6.57. The van der Waals surface area contributed by atoms with Gasteiger partial charge < -0.3 is 9.84 Å². The Bertz CT molecular complexity index is 1290. The van der Waals surface area contributed by atoms with Crippen molar-refractivity contribution in [2.75, 3.05) is 7.11 Å². The summed E-state index contributed by atoms with van der Waals surface area (Å²) in [6.07, 6.45) is 0. The molecule has 8 heteroatoms. The van der Waals surface area contributed by atoms with E-state index in [1.54, 1.807) is 48.5 Å². The fourth-order valence-corrected chi connectivity index (χ4v) is 4.34. The van der Waals surface area contributed by atoms with Crippen LogP contribution >= 0.6 is 23.6 Å². The Balaban J connectivity index is 2.00. The van der Waals surface area contributed by atoms with Gasteiger partial charge in [-0.2, -0.15) is 0 Å². The third-order valence-electron chi connectivity index (χ3n) is 4.17. The molecule has 4 rings (SSSR count). The zero-order chi connectivity index (χ0) is 19.1. The first kappa shape index (κ1) is 17.3. The SMILES string of the molecule is COC(=O)c1ccccc1-n1c(O)c(C2=c3ccccc3=NC2=O)sc1=S. The smallest absolute Gasteiger partial charge is 0.339 e. The summed E-state index contributed by atoms with van der Waals surface area (Å²) in [5, 5.41) is 12.1. The van der Waals surface area contributed by atoms with Gasteiger partial charge in [0, 0.05) is 5.22 Å². The lowest BCUT2D eigenvalue weighted by molar-refractivity contribution is -0.112. The number of amides is 1. The maximum absolute atomic E-state index is 12.4. The molecule has 0 unspecified atom stereocenters. The van der Waals surface area contributed by atoms with Gasteiger partial charge in [0.2, 0.25) is 5.88 Å². The van der Waals surface area contributed by atoms with Crippen molar-refractivity contribution in [3.05, 3.63) is 73.5 Å². The second-order valence-corrected chi connectivity index (χ2v) is 7.32. The van der Waals surface area contributed by atoms with Crippen LogP contribution in [0.15, 0.2) is 53.5 Å². The average Bonchev–Trinajstić information content (AvgIpc) is 3.15. The fraction of sp³-hybridized carbons (Fsp3) is 0.0526. The summed E-state index contributed by atoms with van der Waals surface area (Å²) in [6.45, 7) is 0. The highest BCUT2D eigenvalue weighted by Crippen LogP contribution is 2.35. The van der Waals surface area contributed by atoms with Crippen LogP contribution < -0.4 is 10.6 Å². The molecule has 134 valence electrons. The number of fused-ring (bicyclic) bond motifs is 1. The van der Waals surface area contributed by atoms with E-state index in [4.69, 9.17) is 17.0 Å². The maximum Gasteiger partial charge on any atom is 0.339 e. The second-order valence-electron chi connectivity index (χ2n) is 5.67. The Labute approximate surface area is 162 Å². The van der Waals surface area contributed by atoms with Crippen molar-refractivity contribution in [3.63, 3.8) is 0 Å². The van der Waals surface area contributed by atoms with E-state index in [1.807, 2.05) is 0 Å². The first-order chi connectivity index (χ1) is 13.0. The van der Waals surface area contributed by atoms with Gasteiger partial charge in [-0.15, -0.1) is 11.3 Å². The molecule has 0 spiro atoms. The predicted molar refractivity (Wildman–Crippen MR) is 102 cm³/mol. The number of nitrogens with zero attached hydrogens (tertiary/aromatic N) is 2. The van der Waals surface area contributed by atoms with Crippen molar-refractivity contribution in [2.45, 2.75) is 0 Å². The van der Waals surface area contributed by atoms with E-state index >= 15 is 0 Å². The summed E-state index contributed by atoms with van der Waals surface area (Å²) >= 11 is 6.50. The summed E-state index contributed by atoms with van der Waals surface area (Å²) in [5.74, 6) is -1.20. The van der Waals surface area contributed by atoms with E-state index in [1.165, 1.54) is 11.7 Å². The summed E-state index contributed by atoms with van der Waals surface area (Å²) in [7, 11) is 1.28. The van der Waals surface area contributed by atoms with Gasteiger partial charge in [0.15, 0.2) is 3.95 Å². The Hall–Kier alpha value is -3.10. The van der Waals surface area contributed by atoms with E-state index in [0.29, 0.717) is 30.7 Å². The molecule has 0 atom stereocenters. The molecule has 0 saturated carbocycles. The Kier molecular flexibility index (Phi) is 4.21. The molecule has 0 fully saturated rings. The van der Waals surface area contributed by atoms with Gasteiger partial charge in [0.1, 0.15) is 4.88 Å². The number of esters is 1. The monoisotopic (exact) mass is 396 g/mol. The number of hydrogen-bond donors (Lipinski definition) is 1. The molecule has 1 N–H and O–H groups in total. The normalized spacial score (nSPS) is 12.6. The summed E-state index contributed by atoms with van der Waals surface area (Å²) in [6, 6.07) is 13.7. The minimum absolute atomic E-state index is 0.211. The molecule has 2 heterocycles. The van der Waals surface area contributed by atoms with Crippen molar-refractivity contribution in [2.24, 2.45) is 4.99 Å². The molecule has 2 aromatic carbocycles. The molecular formula is C19H12N2O4S2. The van der Waals surface area contributed by atoms with Crippen LogP contribution in [0.5, 0.6) is 5.88 Å². The molecule has 6 nitrogen and oxygen atoms in total. The quantitative estimate of drug-likeness (QED) is 0.542. The lowest BCUT2D eigenvalue weighted by Crippen LogP contribution is -2.22. The zero-order valence-electron chi connectivity index (χ0n) is 14.0. The minimum Gasteiger partial charge on any atom is -0.493 e. The Morgan fingerprint density at radius 2 is 1.89 bits per heavy atom. The van der Waals surface area contributed by atoms with E-state index in [2.05, 4.69) is 4.99 Å². The average molecular weight is 396 g/mol. The Morgan fingerprint density at radius 3 is 2.67 bits per heavy atom. The third-order valence-corrected chi connectivity index (χ3v) is 5.55. The van der Waals surface area contributed by atoms with Crippen LogP contribution in [-0.2, 0) is 9.53 Å². The molecular weight excluding hydrogens is 384 g/mol. The van der Waals surface area contributed by atoms with Crippen LogP contribution in [0.3, 0.4) is 0 Å². The highest BCUT2D eigenvalue weighted by molar-refractivity contribution is 7.73. The number of carbonyl (C=O) groups is 2. The molecule has 0 radical (unpaired) electrons. The highest BCUT2D eigenvalue weighted by Gasteiger charge is 2.26. The van der Waals surface area contributed by atoms with Crippen molar-refractivity contribution in [1.82, 2.24) is 4.57 Å². The summed E-state index contributed by atoms with van der Waals surface area (Å²) in [5.41, 5.74) is 0.933. The van der Waals surface area contributed by atoms with E-state index in [0.717, 1.165) is 11.3 Å². The maximum atomic E-state index is 12.4. The lowest BCUT2D eigenvalue weighted by Gasteiger charge is -2.10. The van der Waals surface area contributed by atoms with Crippen LogP contribution in [0.2, 0.25) is 0 Å². The standard InChI is InChI=1S/C19H12N2O4S2/c1-25-18(24)11-7-3-5-9-13(11)21-17(23)15(27-19(21)26)14-10-6-2-4-8-12(10)20-16(14)22/h2-9,23H,1H3. The molecule has 1 aromatic heterocycles. The molecule has 0 bridgehead atoms. The summed E-state index contributed by atoms with van der Waals surface area (Å²) in [4.78, 5) is 28.9. The molecule has 1 amide bonds. The Morgan fingerprint density at radius 1 is 1.19 bits per heavy atom. The van der Waals surface area contributed by atoms with Gasteiger partial charge in [-0.3, -0.25) is 9.36 Å². The van der Waals surface area contributed by atoms with Gasteiger partial charge >= 0.3 is 5.97 Å². The van der Waals surface area contributed by atoms with Crippen molar-refractivity contribution in [3.8, 4) is 11.6 Å². The fourth-order valence-electron chi connectivity index (χ4n) is 2.98. The number of aromatic nitrogens is 1. The molecule has 3 aromatic rings. The van der Waals surface area contributed by atoms with Gasteiger partial charge in [-0.05, 0) is 30.4 Å². The number of ether oxygens (including phenoxy) is 1.